The normalized spacial score (nSPS) is 16.4. The summed E-state index contributed by atoms with van der Waals surface area (Å²) < 4.78 is 40.0. The van der Waals surface area contributed by atoms with Gasteiger partial charge in [-0.2, -0.15) is 8.42 Å². The lowest BCUT2D eigenvalue weighted by molar-refractivity contribution is 0.173. The standard InChI is InChI=1S/C8H8O6S/c9-8(15(10,11)12)5-1-2-6-7(3-5)14-4-13-6/h1-3,8-9H,4H2,(H,10,11,12). The summed E-state index contributed by atoms with van der Waals surface area (Å²) in [7, 11) is -4.51. The van der Waals surface area contributed by atoms with Crippen molar-refractivity contribution in [3.05, 3.63) is 23.8 Å². The van der Waals surface area contributed by atoms with Gasteiger partial charge in [0.2, 0.25) is 12.2 Å². The second kappa shape index (κ2) is 3.37. The monoisotopic (exact) mass is 232 g/mol. The van der Waals surface area contributed by atoms with E-state index in [2.05, 4.69) is 0 Å². The molecule has 6 nitrogen and oxygen atoms in total. The topological polar surface area (TPSA) is 93.1 Å². The van der Waals surface area contributed by atoms with E-state index in [0.717, 1.165) is 0 Å². The third-order valence-electron chi connectivity index (χ3n) is 1.96. The van der Waals surface area contributed by atoms with Crippen molar-refractivity contribution in [1.82, 2.24) is 0 Å². The van der Waals surface area contributed by atoms with E-state index < -0.39 is 15.6 Å². The third kappa shape index (κ3) is 1.89. The Morgan fingerprint density at radius 3 is 2.60 bits per heavy atom. The maximum atomic E-state index is 10.7. The van der Waals surface area contributed by atoms with Crippen molar-refractivity contribution in [1.29, 1.82) is 0 Å². The maximum Gasteiger partial charge on any atom is 0.296 e. The predicted molar refractivity (Wildman–Crippen MR) is 49.1 cm³/mol. The van der Waals surface area contributed by atoms with Gasteiger partial charge in [0.25, 0.3) is 10.1 Å². The first-order chi connectivity index (χ1) is 6.98. The molecular formula is C8H8O6S. The fraction of sp³-hybridized carbons (Fsp3) is 0.250. The zero-order valence-corrected chi connectivity index (χ0v) is 8.27. The van der Waals surface area contributed by atoms with Crippen LogP contribution >= 0.6 is 0 Å². The number of hydrogen-bond acceptors (Lipinski definition) is 5. The van der Waals surface area contributed by atoms with Gasteiger partial charge in [-0.1, -0.05) is 6.07 Å². The first-order valence-corrected chi connectivity index (χ1v) is 5.53. The van der Waals surface area contributed by atoms with E-state index >= 15 is 0 Å². The van der Waals surface area contributed by atoms with Crippen molar-refractivity contribution in [3.8, 4) is 11.5 Å². The highest BCUT2D eigenvalue weighted by Gasteiger charge is 2.24. The summed E-state index contributed by atoms with van der Waals surface area (Å²) in [5.74, 6) is 0.816. The lowest BCUT2D eigenvalue weighted by Crippen LogP contribution is -2.10. The molecule has 1 aromatic rings. The van der Waals surface area contributed by atoms with Crippen LogP contribution < -0.4 is 9.47 Å². The SMILES string of the molecule is O=S(=O)(O)C(O)c1ccc2c(c1)OCO2. The molecule has 2 rings (SSSR count). The van der Waals surface area contributed by atoms with Gasteiger partial charge < -0.3 is 14.6 Å². The van der Waals surface area contributed by atoms with Gasteiger partial charge in [-0.15, -0.1) is 0 Å². The van der Waals surface area contributed by atoms with Crippen LogP contribution in [-0.4, -0.2) is 24.9 Å². The van der Waals surface area contributed by atoms with Gasteiger partial charge in [-0.25, -0.2) is 0 Å². The molecule has 0 aliphatic carbocycles. The van der Waals surface area contributed by atoms with Gasteiger partial charge in [-0.05, 0) is 12.1 Å². The zero-order valence-electron chi connectivity index (χ0n) is 7.45. The largest absolute Gasteiger partial charge is 0.454 e. The van der Waals surface area contributed by atoms with Crippen LogP contribution in [0.4, 0.5) is 0 Å². The molecule has 2 N–H and O–H groups in total. The molecule has 1 aliphatic heterocycles. The Labute approximate surface area is 85.8 Å². The van der Waals surface area contributed by atoms with E-state index in [4.69, 9.17) is 14.0 Å². The second-order valence-corrected chi connectivity index (χ2v) is 4.46. The van der Waals surface area contributed by atoms with Gasteiger partial charge in [0.15, 0.2) is 11.5 Å². The molecule has 1 aromatic carbocycles. The smallest absolute Gasteiger partial charge is 0.296 e. The number of aliphatic hydroxyl groups is 1. The lowest BCUT2D eigenvalue weighted by atomic mass is 10.2. The average Bonchev–Trinajstić information content (AvgIpc) is 2.61. The summed E-state index contributed by atoms with van der Waals surface area (Å²) in [4.78, 5) is 0. The molecule has 0 aromatic heterocycles. The van der Waals surface area contributed by atoms with E-state index in [1.165, 1.54) is 18.2 Å². The zero-order chi connectivity index (χ0) is 11.1. The minimum atomic E-state index is -4.51. The molecule has 0 spiro atoms. The minimum Gasteiger partial charge on any atom is -0.454 e. The summed E-state index contributed by atoms with van der Waals surface area (Å²) in [6, 6.07) is 4.11. The minimum absolute atomic E-state index is 0.0294. The van der Waals surface area contributed by atoms with Crippen LogP contribution in [0.3, 0.4) is 0 Å². The summed E-state index contributed by atoms with van der Waals surface area (Å²) in [6.45, 7) is 0.0563. The molecule has 0 fully saturated rings. The van der Waals surface area contributed by atoms with Gasteiger partial charge in [0, 0.05) is 5.56 Å². The van der Waals surface area contributed by atoms with Crippen molar-refractivity contribution in [2.24, 2.45) is 0 Å². The molecule has 0 saturated carbocycles. The molecule has 0 saturated heterocycles. The highest BCUT2D eigenvalue weighted by Crippen LogP contribution is 2.34. The van der Waals surface area contributed by atoms with Crippen molar-refractivity contribution < 1.29 is 27.6 Å². The van der Waals surface area contributed by atoms with Crippen molar-refractivity contribution in [2.75, 3.05) is 6.79 Å². The van der Waals surface area contributed by atoms with Crippen LogP contribution in [0.1, 0.15) is 11.0 Å². The number of hydrogen-bond donors (Lipinski definition) is 2. The van der Waals surface area contributed by atoms with E-state index in [9.17, 15) is 13.5 Å². The van der Waals surface area contributed by atoms with Crippen molar-refractivity contribution >= 4 is 10.1 Å². The average molecular weight is 232 g/mol. The third-order valence-corrected chi connectivity index (χ3v) is 2.80. The molecule has 7 heteroatoms. The lowest BCUT2D eigenvalue weighted by Gasteiger charge is -2.07. The predicted octanol–water partition coefficient (Wildman–Crippen LogP) is 0.294. The van der Waals surface area contributed by atoms with Crippen molar-refractivity contribution in [3.63, 3.8) is 0 Å². The first kappa shape index (κ1) is 10.2. The Kier molecular flexibility index (Phi) is 2.29. The second-order valence-electron chi connectivity index (χ2n) is 2.98. The summed E-state index contributed by atoms with van der Waals surface area (Å²) in [5.41, 5.74) is -1.94. The summed E-state index contributed by atoms with van der Waals surface area (Å²) >= 11 is 0. The number of rotatable bonds is 2. The van der Waals surface area contributed by atoms with Crippen molar-refractivity contribution in [2.45, 2.75) is 5.44 Å². The quantitative estimate of drug-likeness (QED) is 0.712. The summed E-state index contributed by atoms with van der Waals surface area (Å²) in [6.07, 6.45) is 0. The fourth-order valence-corrected chi connectivity index (χ4v) is 1.73. The Hall–Kier alpha value is -1.31. The van der Waals surface area contributed by atoms with Crippen LogP contribution in [0.5, 0.6) is 11.5 Å². The number of fused-ring (bicyclic) bond motifs is 1. The molecule has 1 atom stereocenters. The van der Waals surface area contributed by atoms with Gasteiger partial charge in [0.1, 0.15) is 0 Å². The maximum absolute atomic E-state index is 10.7. The molecule has 1 heterocycles. The molecule has 1 unspecified atom stereocenters. The molecule has 15 heavy (non-hydrogen) atoms. The highest BCUT2D eigenvalue weighted by atomic mass is 32.2. The molecule has 82 valence electrons. The van der Waals surface area contributed by atoms with Crippen LogP contribution in [0, 0.1) is 0 Å². The summed E-state index contributed by atoms with van der Waals surface area (Å²) in [5, 5.41) is 9.25. The number of aliphatic hydroxyl groups excluding tert-OH is 1. The Morgan fingerprint density at radius 1 is 1.27 bits per heavy atom. The Balaban J connectivity index is 2.39. The van der Waals surface area contributed by atoms with Gasteiger partial charge in [-0.3, -0.25) is 4.55 Å². The fourth-order valence-electron chi connectivity index (χ4n) is 1.24. The van der Waals surface area contributed by atoms with E-state index in [1.807, 2.05) is 0 Å². The van der Waals surface area contributed by atoms with Gasteiger partial charge >= 0.3 is 0 Å². The van der Waals surface area contributed by atoms with Gasteiger partial charge in [0.05, 0.1) is 0 Å². The highest BCUT2D eigenvalue weighted by molar-refractivity contribution is 7.85. The van der Waals surface area contributed by atoms with Crippen LogP contribution in [0.15, 0.2) is 18.2 Å². The van der Waals surface area contributed by atoms with E-state index in [1.54, 1.807) is 0 Å². The van der Waals surface area contributed by atoms with Crippen LogP contribution in [0.2, 0.25) is 0 Å². The van der Waals surface area contributed by atoms with E-state index in [0.29, 0.717) is 11.5 Å². The first-order valence-electron chi connectivity index (χ1n) is 4.02. The molecule has 0 bridgehead atoms. The Morgan fingerprint density at radius 2 is 1.93 bits per heavy atom. The van der Waals surface area contributed by atoms with E-state index in [-0.39, 0.29) is 12.4 Å². The molecule has 0 radical (unpaired) electrons. The molecular weight excluding hydrogens is 224 g/mol. The number of ether oxygens (including phenoxy) is 2. The van der Waals surface area contributed by atoms with Crippen LogP contribution in [-0.2, 0) is 10.1 Å². The molecule has 0 amide bonds. The molecule has 1 aliphatic rings. The number of benzene rings is 1. The van der Waals surface area contributed by atoms with Crippen LogP contribution in [0.25, 0.3) is 0 Å². The Bertz CT molecular complexity index is 480.